The fourth-order valence-electron chi connectivity index (χ4n) is 3.87. The molecule has 168 valence electrons. The summed E-state index contributed by atoms with van der Waals surface area (Å²) < 4.78 is 43.9. The van der Waals surface area contributed by atoms with Gasteiger partial charge in [0.05, 0.1) is 25.9 Å². The molecule has 0 aromatic carbocycles. The van der Waals surface area contributed by atoms with Crippen LogP contribution in [0.3, 0.4) is 0 Å². The van der Waals surface area contributed by atoms with E-state index in [2.05, 4.69) is 0 Å². The third-order valence-electron chi connectivity index (χ3n) is 5.54. The van der Waals surface area contributed by atoms with Crippen molar-refractivity contribution in [2.45, 2.75) is 32.0 Å². The predicted octanol–water partition coefficient (Wildman–Crippen LogP) is 1.80. The minimum Gasteiger partial charge on any atom is -0.467 e. The first-order chi connectivity index (χ1) is 14.3. The van der Waals surface area contributed by atoms with Crippen LogP contribution >= 0.6 is 0 Å². The van der Waals surface area contributed by atoms with Gasteiger partial charge in [-0.15, -0.1) is 0 Å². The molecule has 0 N–H and O–H groups in total. The second-order valence-corrected chi connectivity index (χ2v) is 7.94. The number of carbonyl (C=O) groups excluding carboxylic acids is 2. The summed E-state index contributed by atoms with van der Waals surface area (Å²) in [5.74, 6) is -0.135. The van der Waals surface area contributed by atoms with Crippen molar-refractivity contribution in [3.8, 4) is 0 Å². The quantitative estimate of drug-likeness (QED) is 0.660. The van der Waals surface area contributed by atoms with Crippen molar-refractivity contribution >= 4 is 11.8 Å². The van der Waals surface area contributed by atoms with Crippen LogP contribution in [-0.4, -0.2) is 96.5 Å². The van der Waals surface area contributed by atoms with Crippen molar-refractivity contribution in [1.82, 2.24) is 19.6 Å². The van der Waals surface area contributed by atoms with Gasteiger partial charge in [-0.05, 0) is 31.4 Å². The highest BCUT2D eigenvalue weighted by Crippen LogP contribution is 2.19. The standard InChI is InChI=1S/C20H29F3N4O3/c21-20(22,23)16-27(13-17-5-4-12-30-17)19(29)15-25-10-8-24(9-11-25)14-18(28)26-6-2-1-3-7-26/h4-5,12H,1-3,6-11,13-16H2. The molecular formula is C20H29F3N4O3. The lowest BCUT2D eigenvalue weighted by Crippen LogP contribution is -2.53. The van der Waals surface area contributed by atoms with Crippen LogP contribution in [0.15, 0.2) is 22.8 Å². The van der Waals surface area contributed by atoms with Crippen LogP contribution in [0.25, 0.3) is 0 Å². The van der Waals surface area contributed by atoms with Crippen LogP contribution < -0.4 is 0 Å². The van der Waals surface area contributed by atoms with Gasteiger partial charge in [0.2, 0.25) is 11.8 Å². The maximum absolute atomic E-state index is 12.9. The number of likely N-dealkylation sites (tertiary alicyclic amines) is 1. The lowest BCUT2D eigenvalue weighted by molar-refractivity contribution is -0.163. The number of nitrogens with zero attached hydrogens (tertiary/aromatic N) is 4. The highest BCUT2D eigenvalue weighted by molar-refractivity contribution is 5.79. The van der Waals surface area contributed by atoms with Crippen LogP contribution in [0.5, 0.6) is 0 Å². The van der Waals surface area contributed by atoms with Crippen molar-refractivity contribution in [1.29, 1.82) is 0 Å². The summed E-state index contributed by atoms with van der Waals surface area (Å²) in [6, 6.07) is 3.13. The molecule has 0 bridgehead atoms. The summed E-state index contributed by atoms with van der Waals surface area (Å²) in [5.41, 5.74) is 0. The van der Waals surface area contributed by atoms with Crippen LogP contribution in [0.4, 0.5) is 13.2 Å². The molecule has 2 aliphatic rings. The third kappa shape index (κ3) is 7.02. The molecule has 2 saturated heterocycles. The smallest absolute Gasteiger partial charge is 0.406 e. The summed E-state index contributed by atoms with van der Waals surface area (Å²) in [4.78, 5) is 31.5. The lowest BCUT2D eigenvalue weighted by Gasteiger charge is -2.36. The zero-order valence-corrected chi connectivity index (χ0v) is 17.1. The molecule has 0 saturated carbocycles. The number of furan rings is 1. The average molecular weight is 430 g/mol. The number of alkyl halides is 3. The van der Waals surface area contributed by atoms with Crippen molar-refractivity contribution in [2.24, 2.45) is 0 Å². The van der Waals surface area contributed by atoms with Crippen LogP contribution in [0.1, 0.15) is 25.0 Å². The number of rotatable bonds is 7. The number of amides is 2. The van der Waals surface area contributed by atoms with E-state index in [-0.39, 0.29) is 19.0 Å². The number of halogens is 3. The second kappa shape index (κ2) is 10.3. The molecule has 3 rings (SSSR count). The fourth-order valence-corrected chi connectivity index (χ4v) is 3.87. The molecule has 0 atom stereocenters. The Kier molecular flexibility index (Phi) is 7.76. The second-order valence-electron chi connectivity index (χ2n) is 7.94. The predicted molar refractivity (Wildman–Crippen MR) is 103 cm³/mol. The first kappa shape index (κ1) is 22.6. The van der Waals surface area contributed by atoms with Crippen molar-refractivity contribution in [2.75, 3.05) is 58.9 Å². The summed E-state index contributed by atoms with van der Waals surface area (Å²) in [7, 11) is 0. The SMILES string of the molecule is O=C(CN1CCN(CC(=O)N(Cc2ccco2)CC(F)(F)F)CC1)N1CCCCC1. The van der Waals surface area contributed by atoms with E-state index in [4.69, 9.17) is 4.42 Å². The largest absolute Gasteiger partial charge is 0.467 e. The monoisotopic (exact) mass is 430 g/mol. The van der Waals surface area contributed by atoms with Crippen LogP contribution in [0.2, 0.25) is 0 Å². The maximum Gasteiger partial charge on any atom is 0.406 e. The molecule has 0 radical (unpaired) electrons. The van der Waals surface area contributed by atoms with Gasteiger partial charge in [0, 0.05) is 39.3 Å². The molecule has 1 aromatic rings. The molecule has 2 aliphatic heterocycles. The van der Waals surface area contributed by atoms with E-state index in [1.807, 2.05) is 14.7 Å². The van der Waals surface area contributed by atoms with Gasteiger partial charge in [-0.2, -0.15) is 13.2 Å². The van der Waals surface area contributed by atoms with E-state index in [1.165, 1.54) is 12.7 Å². The van der Waals surface area contributed by atoms with Gasteiger partial charge < -0.3 is 14.2 Å². The normalized spacial score (nSPS) is 19.1. The van der Waals surface area contributed by atoms with Gasteiger partial charge in [0.25, 0.3) is 0 Å². The summed E-state index contributed by atoms with van der Waals surface area (Å²) >= 11 is 0. The molecule has 0 spiro atoms. The number of piperazine rings is 1. The number of hydrogen-bond donors (Lipinski definition) is 0. The molecule has 0 unspecified atom stereocenters. The Balaban J connectivity index is 1.46. The first-order valence-corrected chi connectivity index (χ1v) is 10.4. The minimum atomic E-state index is -4.48. The Morgan fingerprint density at radius 1 is 0.967 bits per heavy atom. The van der Waals surface area contributed by atoms with Crippen molar-refractivity contribution in [3.05, 3.63) is 24.2 Å². The van der Waals surface area contributed by atoms with Crippen LogP contribution in [0, 0.1) is 0 Å². The van der Waals surface area contributed by atoms with Gasteiger partial charge in [-0.1, -0.05) is 0 Å². The van der Waals surface area contributed by atoms with Gasteiger partial charge in [-0.25, -0.2) is 0 Å². The molecule has 0 aliphatic carbocycles. The van der Waals surface area contributed by atoms with E-state index in [9.17, 15) is 22.8 Å². The highest BCUT2D eigenvalue weighted by Gasteiger charge is 2.34. The van der Waals surface area contributed by atoms with E-state index >= 15 is 0 Å². The Hall–Kier alpha value is -2.07. The Labute approximate surface area is 174 Å². The average Bonchev–Trinajstić information content (AvgIpc) is 3.22. The minimum absolute atomic E-state index is 0.0787. The molecule has 2 amide bonds. The molecule has 10 heteroatoms. The van der Waals surface area contributed by atoms with Crippen molar-refractivity contribution in [3.63, 3.8) is 0 Å². The number of carbonyl (C=O) groups is 2. The summed E-state index contributed by atoms with van der Waals surface area (Å²) in [6.07, 6.45) is 0.162. The van der Waals surface area contributed by atoms with Gasteiger partial charge in [0.15, 0.2) is 0 Å². The van der Waals surface area contributed by atoms with E-state index in [0.29, 0.717) is 38.5 Å². The lowest BCUT2D eigenvalue weighted by atomic mass is 10.1. The number of piperidine rings is 1. The van der Waals surface area contributed by atoms with E-state index in [0.717, 1.165) is 30.8 Å². The van der Waals surface area contributed by atoms with Gasteiger partial charge in [-0.3, -0.25) is 19.4 Å². The van der Waals surface area contributed by atoms with Crippen LogP contribution in [-0.2, 0) is 16.1 Å². The summed E-state index contributed by atoms with van der Waals surface area (Å²) in [5, 5.41) is 0. The summed E-state index contributed by atoms with van der Waals surface area (Å²) in [6.45, 7) is 2.71. The van der Waals surface area contributed by atoms with Crippen molar-refractivity contribution < 1.29 is 27.2 Å². The topological polar surface area (TPSA) is 60.2 Å². The zero-order chi connectivity index (χ0) is 21.6. The molecule has 7 nitrogen and oxygen atoms in total. The van der Waals surface area contributed by atoms with E-state index in [1.54, 1.807) is 12.1 Å². The number of hydrogen-bond acceptors (Lipinski definition) is 5. The highest BCUT2D eigenvalue weighted by atomic mass is 19.4. The molecule has 2 fully saturated rings. The molecular weight excluding hydrogens is 401 g/mol. The fraction of sp³-hybridized carbons (Fsp3) is 0.700. The maximum atomic E-state index is 12.9. The van der Waals surface area contributed by atoms with Gasteiger partial charge in [0.1, 0.15) is 12.3 Å². The molecule has 1 aromatic heterocycles. The zero-order valence-electron chi connectivity index (χ0n) is 17.1. The Bertz CT molecular complexity index is 682. The Morgan fingerprint density at radius 2 is 1.60 bits per heavy atom. The first-order valence-electron chi connectivity index (χ1n) is 10.4. The van der Waals surface area contributed by atoms with Gasteiger partial charge >= 0.3 is 6.18 Å². The molecule has 30 heavy (non-hydrogen) atoms. The molecule has 3 heterocycles. The third-order valence-corrected chi connectivity index (χ3v) is 5.54. The van der Waals surface area contributed by atoms with E-state index < -0.39 is 18.6 Å². The Morgan fingerprint density at radius 3 is 2.17 bits per heavy atom.